The van der Waals surface area contributed by atoms with Crippen LogP contribution in [0.5, 0.6) is 0 Å². The summed E-state index contributed by atoms with van der Waals surface area (Å²) in [6.07, 6.45) is 1.17. The van der Waals surface area contributed by atoms with E-state index in [1.807, 2.05) is 0 Å². The number of aromatic amines is 1. The number of H-pyrrole nitrogens is 1. The van der Waals surface area contributed by atoms with E-state index < -0.39 is 0 Å². The van der Waals surface area contributed by atoms with Crippen molar-refractivity contribution >= 4 is 0 Å². The van der Waals surface area contributed by atoms with E-state index in [9.17, 15) is 0 Å². The van der Waals surface area contributed by atoms with Gasteiger partial charge in [-0.25, -0.2) is 0 Å². The maximum Gasteiger partial charge on any atom is 0.0209 e. The fourth-order valence-electron chi connectivity index (χ4n) is 1.73. The van der Waals surface area contributed by atoms with Crippen LogP contribution in [0.25, 0.3) is 0 Å². The van der Waals surface area contributed by atoms with Crippen molar-refractivity contribution in [3.63, 3.8) is 0 Å². The molecule has 0 aliphatic heterocycles. The minimum atomic E-state index is 0.276. The van der Waals surface area contributed by atoms with Gasteiger partial charge in [-0.3, -0.25) is 0 Å². The second kappa shape index (κ2) is 3.80. The molecule has 1 aromatic heterocycles. The van der Waals surface area contributed by atoms with Gasteiger partial charge in [0, 0.05) is 16.8 Å². The summed E-state index contributed by atoms with van der Waals surface area (Å²) in [7, 11) is 0. The number of hydrogen-bond donors (Lipinski definition) is 1. The number of hydrogen-bond acceptors (Lipinski definition) is 0. The molecule has 1 rings (SSSR count). The smallest absolute Gasteiger partial charge is 0.0209 e. The fourth-order valence-corrected chi connectivity index (χ4v) is 1.73. The Morgan fingerprint density at radius 2 is 1.93 bits per heavy atom. The zero-order valence-corrected chi connectivity index (χ0v) is 10.4. The predicted octanol–water partition coefficient (Wildman–Crippen LogP) is 4.13. The molecule has 1 nitrogen and oxygen atoms in total. The lowest BCUT2D eigenvalue weighted by atomic mass is 9.86. The Hall–Kier alpha value is -0.720. The molecule has 0 bridgehead atoms. The molecular weight excluding hydrogens is 170 g/mol. The van der Waals surface area contributed by atoms with E-state index in [4.69, 9.17) is 0 Å². The Labute approximate surface area is 87.9 Å². The topological polar surface area (TPSA) is 15.8 Å². The van der Waals surface area contributed by atoms with Gasteiger partial charge in [0.15, 0.2) is 0 Å². The van der Waals surface area contributed by atoms with Gasteiger partial charge < -0.3 is 4.98 Å². The minimum absolute atomic E-state index is 0.276. The molecule has 80 valence electrons. The van der Waals surface area contributed by atoms with Gasteiger partial charge in [-0.2, -0.15) is 0 Å². The lowest BCUT2D eigenvalue weighted by Crippen LogP contribution is -2.15. The third-order valence-corrected chi connectivity index (χ3v) is 3.25. The molecule has 0 saturated carbocycles. The quantitative estimate of drug-likeness (QED) is 0.742. The maximum absolute atomic E-state index is 3.57. The average molecular weight is 193 g/mol. The van der Waals surface area contributed by atoms with E-state index in [-0.39, 0.29) is 5.41 Å². The first-order chi connectivity index (χ1) is 6.38. The Morgan fingerprint density at radius 1 is 1.36 bits per heavy atom. The van der Waals surface area contributed by atoms with Crippen LogP contribution in [-0.4, -0.2) is 4.98 Å². The zero-order chi connectivity index (χ0) is 10.9. The lowest BCUT2D eigenvalue weighted by Gasteiger charge is -2.21. The summed E-state index contributed by atoms with van der Waals surface area (Å²) in [6.45, 7) is 13.5. The highest BCUT2D eigenvalue weighted by molar-refractivity contribution is 5.30. The molecule has 0 amide bonds. The maximum atomic E-state index is 3.57. The molecule has 1 aromatic rings. The van der Waals surface area contributed by atoms with E-state index in [0.29, 0.717) is 5.92 Å². The summed E-state index contributed by atoms with van der Waals surface area (Å²) in [4.78, 5) is 3.57. The van der Waals surface area contributed by atoms with Gasteiger partial charge in [0.1, 0.15) is 0 Å². The van der Waals surface area contributed by atoms with Crippen LogP contribution in [0.3, 0.4) is 0 Å². The monoisotopic (exact) mass is 193 g/mol. The van der Waals surface area contributed by atoms with Crippen LogP contribution in [0, 0.1) is 6.92 Å². The van der Waals surface area contributed by atoms with Crippen molar-refractivity contribution in [2.75, 3.05) is 0 Å². The molecule has 0 aliphatic rings. The van der Waals surface area contributed by atoms with Gasteiger partial charge in [0.05, 0.1) is 0 Å². The van der Waals surface area contributed by atoms with Gasteiger partial charge in [-0.05, 0) is 30.9 Å². The number of aromatic nitrogens is 1. The number of nitrogens with one attached hydrogen (secondary N) is 1. The van der Waals surface area contributed by atoms with Crippen molar-refractivity contribution in [3.8, 4) is 0 Å². The zero-order valence-electron chi connectivity index (χ0n) is 10.4. The molecule has 1 heterocycles. The van der Waals surface area contributed by atoms with Crippen molar-refractivity contribution in [2.45, 2.75) is 59.3 Å². The van der Waals surface area contributed by atoms with Crippen LogP contribution in [0.1, 0.15) is 63.9 Å². The molecule has 1 N–H and O–H groups in total. The van der Waals surface area contributed by atoms with Gasteiger partial charge in [-0.15, -0.1) is 0 Å². The molecule has 1 heteroatoms. The third-order valence-electron chi connectivity index (χ3n) is 3.25. The largest absolute Gasteiger partial charge is 0.361 e. The number of aryl methyl sites for hydroxylation is 1. The van der Waals surface area contributed by atoms with E-state index >= 15 is 0 Å². The second-order valence-corrected chi connectivity index (χ2v) is 5.17. The van der Waals surface area contributed by atoms with E-state index in [0.717, 1.165) is 0 Å². The molecule has 0 aromatic carbocycles. The predicted molar refractivity (Wildman–Crippen MR) is 62.9 cm³/mol. The summed E-state index contributed by atoms with van der Waals surface area (Å²) in [5.41, 5.74) is 4.44. The van der Waals surface area contributed by atoms with Crippen molar-refractivity contribution in [3.05, 3.63) is 23.0 Å². The summed E-state index contributed by atoms with van der Waals surface area (Å²) in [5.74, 6) is 0.594. The summed E-state index contributed by atoms with van der Waals surface area (Å²) >= 11 is 0. The molecule has 0 saturated heterocycles. The average Bonchev–Trinajstić information content (AvgIpc) is 2.48. The molecule has 0 fully saturated rings. The first-order valence-electron chi connectivity index (χ1n) is 5.58. The summed E-state index contributed by atoms with van der Waals surface area (Å²) < 4.78 is 0. The van der Waals surface area contributed by atoms with Gasteiger partial charge in [-0.1, -0.05) is 34.6 Å². The van der Waals surface area contributed by atoms with E-state index in [1.165, 1.54) is 23.4 Å². The normalized spacial score (nSPS) is 12.5. The third kappa shape index (κ3) is 2.02. The first-order valence-corrected chi connectivity index (χ1v) is 5.58. The highest BCUT2D eigenvalue weighted by Gasteiger charge is 2.21. The fraction of sp³-hybridized carbons (Fsp3) is 0.692. The summed E-state index contributed by atoms with van der Waals surface area (Å²) in [6, 6.07) is 2.30. The van der Waals surface area contributed by atoms with E-state index in [1.54, 1.807) is 0 Å². The highest BCUT2D eigenvalue weighted by atomic mass is 14.8. The standard InChI is InChI=1S/C13H23N/c1-7-13(5,6)11-8-10(4)12(14-11)9(2)3/h8-9,14H,7H2,1-6H3. The van der Waals surface area contributed by atoms with Crippen LogP contribution in [-0.2, 0) is 5.41 Å². The molecule has 0 aliphatic carbocycles. The molecule has 0 unspecified atom stereocenters. The SMILES string of the molecule is CCC(C)(C)c1cc(C)c(C(C)C)[nH]1. The van der Waals surface area contributed by atoms with Gasteiger partial charge in [0.2, 0.25) is 0 Å². The molecule has 14 heavy (non-hydrogen) atoms. The minimum Gasteiger partial charge on any atom is -0.361 e. The Kier molecular flexibility index (Phi) is 3.08. The van der Waals surface area contributed by atoms with Crippen molar-refractivity contribution < 1.29 is 0 Å². The second-order valence-electron chi connectivity index (χ2n) is 5.17. The highest BCUT2D eigenvalue weighted by Crippen LogP contribution is 2.29. The van der Waals surface area contributed by atoms with Crippen LogP contribution < -0.4 is 0 Å². The van der Waals surface area contributed by atoms with Gasteiger partial charge in [0.25, 0.3) is 0 Å². The first kappa shape index (κ1) is 11.4. The van der Waals surface area contributed by atoms with Crippen LogP contribution in [0.15, 0.2) is 6.07 Å². The van der Waals surface area contributed by atoms with Crippen LogP contribution in [0.2, 0.25) is 0 Å². The molecule has 0 atom stereocenters. The number of rotatable bonds is 3. The van der Waals surface area contributed by atoms with Crippen molar-refractivity contribution in [1.29, 1.82) is 0 Å². The molecular formula is C13H23N. The van der Waals surface area contributed by atoms with Crippen LogP contribution >= 0.6 is 0 Å². The molecule has 0 radical (unpaired) electrons. The summed E-state index contributed by atoms with van der Waals surface area (Å²) in [5, 5.41) is 0. The Morgan fingerprint density at radius 3 is 2.29 bits per heavy atom. The van der Waals surface area contributed by atoms with Crippen LogP contribution in [0.4, 0.5) is 0 Å². The van der Waals surface area contributed by atoms with Crippen molar-refractivity contribution in [2.24, 2.45) is 0 Å². The Bertz CT molecular complexity index is 305. The molecule has 0 spiro atoms. The Balaban J connectivity index is 3.08. The van der Waals surface area contributed by atoms with E-state index in [2.05, 4.69) is 52.6 Å². The van der Waals surface area contributed by atoms with Gasteiger partial charge >= 0.3 is 0 Å². The van der Waals surface area contributed by atoms with Crippen molar-refractivity contribution in [1.82, 2.24) is 4.98 Å². The lowest BCUT2D eigenvalue weighted by molar-refractivity contribution is 0.491.